The molecule has 1 N–H and O–H groups in total. The van der Waals surface area contributed by atoms with Gasteiger partial charge in [-0.3, -0.25) is 19.3 Å². The highest BCUT2D eigenvalue weighted by molar-refractivity contribution is 6.91. The van der Waals surface area contributed by atoms with Gasteiger partial charge in [-0.05, 0) is 53.6 Å². The van der Waals surface area contributed by atoms with E-state index in [0.717, 1.165) is 16.5 Å². The summed E-state index contributed by atoms with van der Waals surface area (Å²) in [6.07, 6.45) is 1.08. The second-order valence-electron chi connectivity index (χ2n) is 14.8. The van der Waals surface area contributed by atoms with Crippen molar-refractivity contribution < 1.29 is 33.7 Å². The van der Waals surface area contributed by atoms with Crippen molar-refractivity contribution in [3.63, 3.8) is 0 Å². The van der Waals surface area contributed by atoms with E-state index in [1.807, 2.05) is 84.9 Å². The summed E-state index contributed by atoms with van der Waals surface area (Å²) in [4.78, 5) is 47.9. The standard InChI is InChI=1S/C43H47N3O7Si/c1-6-22-45-35-21-16-31(46-36-14-10-11-15-37(36)52-28-40(46)49)25-34(35)43(42(45)50)29(2)41(54(4,5)33-19-17-32(51-3)18-20-33)38(53-43)26-39(48)44(23-24-47)27-30-12-8-7-9-13-30/h6-21,25,29,38,41,47H,1,22-24,26-28H2,2-5H3/t29-,38+,41-,43+/m1/s1. The summed E-state index contributed by atoms with van der Waals surface area (Å²) in [7, 11) is -0.926. The Morgan fingerprint density at radius 2 is 1.74 bits per heavy atom. The number of hydrogen-bond acceptors (Lipinski definition) is 7. The van der Waals surface area contributed by atoms with Crippen LogP contribution in [-0.4, -0.2) is 75.3 Å². The molecule has 54 heavy (non-hydrogen) atoms. The number of amides is 3. The minimum absolute atomic E-state index is 0.0231. The number of hydrogen-bond donors (Lipinski definition) is 1. The predicted octanol–water partition coefficient (Wildman–Crippen LogP) is 5.91. The minimum Gasteiger partial charge on any atom is -0.497 e. The summed E-state index contributed by atoms with van der Waals surface area (Å²) in [6, 6.07) is 30.8. The lowest BCUT2D eigenvalue weighted by molar-refractivity contribution is -0.149. The number of methoxy groups -OCH3 is 1. The number of ether oxygens (including phenoxy) is 3. The second kappa shape index (κ2) is 14.9. The zero-order valence-corrected chi connectivity index (χ0v) is 32.2. The Bertz CT molecular complexity index is 2060. The smallest absolute Gasteiger partial charge is 0.269 e. The van der Waals surface area contributed by atoms with Crippen LogP contribution in [0.1, 0.15) is 24.5 Å². The number of benzene rings is 4. The first kappa shape index (κ1) is 37.1. The third-order valence-electron chi connectivity index (χ3n) is 11.4. The summed E-state index contributed by atoms with van der Waals surface area (Å²) in [6.45, 7) is 11.0. The fourth-order valence-corrected chi connectivity index (χ4v) is 12.9. The molecule has 0 aromatic heterocycles. The quantitative estimate of drug-likeness (QED) is 0.142. The monoisotopic (exact) mass is 745 g/mol. The summed E-state index contributed by atoms with van der Waals surface area (Å²) in [5, 5.41) is 11.2. The van der Waals surface area contributed by atoms with Crippen LogP contribution in [0.4, 0.5) is 17.1 Å². The molecule has 3 heterocycles. The van der Waals surface area contributed by atoms with Gasteiger partial charge in [0.15, 0.2) is 12.2 Å². The summed E-state index contributed by atoms with van der Waals surface area (Å²) in [5.74, 6) is 0.359. The molecule has 11 heteroatoms. The number of fused-ring (bicyclic) bond motifs is 3. The highest BCUT2D eigenvalue weighted by Gasteiger charge is 2.66. The van der Waals surface area contributed by atoms with E-state index in [1.54, 1.807) is 27.9 Å². The first-order valence-corrected chi connectivity index (χ1v) is 21.5. The van der Waals surface area contributed by atoms with Gasteiger partial charge in [-0.1, -0.05) is 85.9 Å². The molecule has 280 valence electrons. The summed E-state index contributed by atoms with van der Waals surface area (Å²) < 4.78 is 18.5. The molecule has 10 nitrogen and oxygen atoms in total. The first-order valence-electron chi connectivity index (χ1n) is 18.4. The number of aliphatic hydroxyl groups is 1. The molecule has 4 aromatic carbocycles. The van der Waals surface area contributed by atoms with Crippen molar-refractivity contribution in [2.24, 2.45) is 5.92 Å². The largest absolute Gasteiger partial charge is 0.497 e. The van der Waals surface area contributed by atoms with Crippen molar-refractivity contribution in [2.75, 3.05) is 43.2 Å². The van der Waals surface area contributed by atoms with Crippen molar-refractivity contribution >= 4 is 48.0 Å². The maximum absolute atomic E-state index is 15.1. The zero-order chi connectivity index (χ0) is 38.2. The molecule has 4 aromatic rings. The Hall–Kier alpha value is -5.23. The summed E-state index contributed by atoms with van der Waals surface area (Å²) in [5.41, 5.74) is 1.86. The third kappa shape index (κ3) is 6.29. The molecule has 0 radical (unpaired) electrons. The highest BCUT2D eigenvalue weighted by atomic mass is 28.3. The van der Waals surface area contributed by atoms with Gasteiger partial charge in [0.05, 0.1) is 45.7 Å². The Morgan fingerprint density at radius 1 is 1.02 bits per heavy atom. The SMILES string of the molecule is C=CCN1C(=O)[C@@]2(O[C@@H](CC(=O)N(CCO)Cc3ccccc3)[C@H]([Si](C)(C)c3ccc(OC)cc3)[C@H]2C)c2cc(N3C(=O)COc4ccccc43)ccc21. The zero-order valence-electron chi connectivity index (χ0n) is 31.2. The van der Waals surface area contributed by atoms with Gasteiger partial charge in [-0.2, -0.15) is 0 Å². The Balaban J connectivity index is 1.35. The van der Waals surface area contributed by atoms with Crippen molar-refractivity contribution in [3.8, 4) is 11.5 Å². The van der Waals surface area contributed by atoms with E-state index in [2.05, 4.69) is 38.7 Å². The molecule has 4 atom stereocenters. The predicted molar refractivity (Wildman–Crippen MR) is 211 cm³/mol. The highest BCUT2D eigenvalue weighted by Crippen LogP contribution is 2.60. The Labute approximate surface area is 317 Å². The van der Waals surface area contributed by atoms with Gasteiger partial charge in [0.1, 0.15) is 11.5 Å². The van der Waals surface area contributed by atoms with E-state index >= 15 is 4.79 Å². The van der Waals surface area contributed by atoms with Crippen molar-refractivity contribution in [3.05, 3.63) is 121 Å². The van der Waals surface area contributed by atoms with Gasteiger partial charge in [0.2, 0.25) is 5.91 Å². The molecule has 1 saturated heterocycles. The van der Waals surface area contributed by atoms with Gasteiger partial charge in [0, 0.05) is 36.8 Å². The average Bonchev–Trinajstić information content (AvgIpc) is 3.60. The average molecular weight is 746 g/mol. The molecule has 0 bridgehead atoms. The van der Waals surface area contributed by atoms with Crippen LogP contribution >= 0.6 is 0 Å². The molecule has 1 fully saturated rings. The van der Waals surface area contributed by atoms with Crippen LogP contribution in [0.15, 0.2) is 110 Å². The molecule has 3 aliphatic heterocycles. The molecular weight excluding hydrogens is 699 g/mol. The number of nitrogens with zero attached hydrogens (tertiary/aromatic N) is 3. The number of carbonyl (C=O) groups excluding carboxylic acids is 3. The van der Waals surface area contributed by atoms with Gasteiger partial charge >= 0.3 is 0 Å². The van der Waals surface area contributed by atoms with Crippen LogP contribution in [0.25, 0.3) is 0 Å². The first-order chi connectivity index (χ1) is 26.0. The normalized spacial score (nSPS) is 21.8. The molecule has 0 saturated carbocycles. The number of aliphatic hydroxyl groups excluding tert-OH is 1. The van der Waals surface area contributed by atoms with E-state index in [0.29, 0.717) is 34.9 Å². The molecule has 0 aliphatic carbocycles. The fraction of sp³-hybridized carbons (Fsp3) is 0.326. The number of para-hydroxylation sites is 2. The molecule has 7 rings (SSSR count). The fourth-order valence-electron chi connectivity index (χ4n) is 8.85. The number of carbonyl (C=O) groups is 3. The van der Waals surface area contributed by atoms with E-state index in [9.17, 15) is 14.7 Å². The third-order valence-corrected chi connectivity index (χ3v) is 15.8. The van der Waals surface area contributed by atoms with E-state index in [1.165, 1.54) is 0 Å². The van der Waals surface area contributed by atoms with Crippen LogP contribution < -0.4 is 24.5 Å². The molecule has 1 spiro atoms. The molecule has 3 amide bonds. The van der Waals surface area contributed by atoms with E-state index in [4.69, 9.17) is 14.2 Å². The second-order valence-corrected chi connectivity index (χ2v) is 19.5. The molecule has 0 unspecified atom stereocenters. The Kier molecular flexibility index (Phi) is 10.2. The van der Waals surface area contributed by atoms with E-state index < -0.39 is 19.8 Å². The van der Waals surface area contributed by atoms with Crippen LogP contribution in [-0.2, 0) is 31.3 Å². The lowest BCUT2D eigenvalue weighted by atomic mass is 9.82. The topological polar surface area (TPSA) is 109 Å². The molecule has 3 aliphatic rings. The van der Waals surface area contributed by atoms with Crippen LogP contribution in [0.3, 0.4) is 0 Å². The number of anilines is 3. The van der Waals surface area contributed by atoms with Crippen LogP contribution in [0.5, 0.6) is 11.5 Å². The van der Waals surface area contributed by atoms with Crippen molar-refractivity contribution in [2.45, 2.75) is 50.2 Å². The van der Waals surface area contributed by atoms with Crippen LogP contribution in [0.2, 0.25) is 18.6 Å². The lowest BCUT2D eigenvalue weighted by Gasteiger charge is -2.37. The Morgan fingerprint density at radius 3 is 2.44 bits per heavy atom. The van der Waals surface area contributed by atoms with Gasteiger partial charge < -0.3 is 29.1 Å². The number of rotatable bonds is 12. The maximum Gasteiger partial charge on any atom is 0.269 e. The van der Waals surface area contributed by atoms with Gasteiger partial charge in [-0.25, -0.2) is 0 Å². The summed E-state index contributed by atoms with van der Waals surface area (Å²) >= 11 is 0. The minimum atomic E-state index is -2.56. The van der Waals surface area contributed by atoms with Gasteiger partial charge in [-0.15, -0.1) is 6.58 Å². The van der Waals surface area contributed by atoms with Crippen molar-refractivity contribution in [1.82, 2.24) is 4.90 Å². The van der Waals surface area contributed by atoms with Crippen LogP contribution in [0, 0.1) is 5.92 Å². The van der Waals surface area contributed by atoms with E-state index in [-0.39, 0.29) is 61.9 Å². The van der Waals surface area contributed by atoms with Crippen molar-refractivity contribution in [1.29, 1.82) is 0 Å². The molecular formula is C43H47N3O7Si. The maximum atomic E-state index is 15.1. The lowest BCUT2D eigenvalue weighted by Crippen LogP contribution is -2.52. The van der Waals surface area contributed by atoms with Gasteiger partial charge in [0.25, 0.3) is 11.8 Å².